The summed E-state index contributed by atoms with van der Waals surface area (Å²) in [5.74, 6) is -0.255. The fraction of sp³-hybridized carbons (Fsp3) is 0.375. The summed E-state index contributed by atoms with van der Waals surface area (Å²) >= 11 is 3.22. The van der Waals surface area contributed by atoms with E-state index >= 15 is 0 Å². The molecule has 35 heavy (non-hydrogen) atoms. The fourth-order valence-electron chi connectivity index (χ4n) is 3.24. The first kappa shape index (κ1) is 27.8. The van der Waals surface area contributed by atoms with Gasteiger partial charge < -0.3 is 26.2 Å². The molecule has 1 heterocycles. The van der Waals surface area contributed by atoms with Gasteiger partial charge in [0.15, 0.2) is 17.3 Å². The van der Waals surface area contributed by atoms with Crippen molar-refractivity contribution in [2.75, 3.05) is 43.2 Å². The number of alkyl halides is 1. The lowest BCUT2D eigenvalue weighted by atomic mass is 10.1. The molecule has 0 fully saturated rings. The molecule has 11 heteroatoms. The van der Waals surface area contributed by atoms with Gasteiger partial charge in [-0.1, -0.05) is 34.1 Å². The van der Waals surface area contributed by atoms with Crippen molar-refractivity contribution in [3.05, 3.63) is 53.4 Å². The van der Waals surface area contributed by atoms with E-state index in [2.05, 4.69) is 36.5 Å². The van der Waals surface area contributed by atoms with Crippen LogP contribution in [0.3, 0.4) is 0 Å². The number of likely N-dealkylation sites (N-methyl/N-ethyl adjacent to an activating group) is 1. The lowest BCUT2D eigenvalue weighted by Gasteiger charge is -2.23. The van der Waals surface area contributed by atoms with Gasteiger partial charge in [-0.15, -0.1) is 0 Å². The third-order valence-electron chi connectivity index (χ3n) is 5.26. The van der Waals surface area contributed by atoms with E-state index in [1.54, 1.807) is 31.9 Å². The summed E-state index contributed by atoms with van der Waals surface area (Å²) < 4.78 is 0. The highest BCUT2D eigenvalue weighted by molar-refractivity contribution is 9.09. The van der Waals surface area contributed by atoms with E-state index in [1.165, 1.54) is 11.0 Å². The van der Waals surface area contributed by atoms with Gasteiger partial charge in [0.2, 0.25) is 11.8 Å². The molecule has 1 aromatic carbocycles. The molecule has 188 valence electrons. The van der Waals surface area contributed by atoms with E-state index in [0.29, 0.717) is 35.5 Å². The number of carbonyl (C=O) groups excluding carboxylic acids is 3. The van der Waals surface area contributed by atoms with Crippen LogP contribution in [-0.2, 0) is 16.0 Å². The summed E-state index contributed by atoms with van der Waals surface area (Å²) in [5, 5.41) is 6.57. The van der Waals surface area contributed by atoms with Crippen molar-refractivity contribution >= 4 is 51.0 Å². The summed E-state index contributed by atoms with van der Waals surface area (Å²) in [6, 6.07) is 6.94. The highest BCUT2D eigenvalue weighted by Crippen LogP contribution is 2.23. The van der Waals surface area contributed by atoms with Gasteiger partial charge >= 0.3 is 0 Å². The maximum Gasteiger partial charge on any atom is 0.271 e. The van der Waals surface area contributed by atoms with Crippen LogP contribution < -0.4 is 21.3 Å². The fourth-order valence-corrected chi connectivity index (χ4v) is 3.43. The van der Waals surface area contributed by atoms with Crippen molar-refractivity contribution < 1.29 is 14.4 Å². The molecule has 2 rings (SSSR count). The average Bonchev–Trinajstić information content (AvgIpc) is 2.82. The predicted molar refractivity (Wildman–Crippen MR) is 141 cm³/mol. The summed E-state index contributed by atoms with van der Waals surface area (Å²) in [6.45, 7) is 3.84. The third kappa shape index (κ3) is 7.78. The molecule has 2 aromatic rings. The van der Waals surface area contributed by atoms with Gasteiger partial charge in [-0.3, -0.25) is 14.4 Å². The number of anilines is 3. The molecule has 1 atom stereocenters. The zero-order valence-electron chi connectivity index (χ0n) is 20.6. The van der Waals surface area contributed by atoms with Crippen LogP contribution >= 0.6 is 15.9 Å². The van der Waals surface area contributed by atoms with Gasteiger partial charge in [-0.25, -0.2) is 9.97 Å². The number of aryl methyl sites for hydroxylation is 1. The Bertz CT molecular complexity index is 1100. The van der Waals surface area contributed by atoms with Crippen LogP contribution in [0.5, 0.6) is 0 Å². The number of primary amides is 1. The number of rotatable bonds is 11. The Kier molecular flexibility index (Phi) is 10.2. The molecule has 1 aromatic heterocycles. The van der Waals surface area contributed by atoms with Gasteiger partial charge in [0.05, 0.1) is 5.69 Å². The van der Waals surface area contributed by atoms with Gasteiger partial charge in [-0.05, 0) is 44.0 Å². The molecule has 0 aliphatic heterocycles. The van der Waals surface area contributed by atoms with Gasteiger partial charge in [0, 0.05) is 38.7 Å². The lowest BCUT2D eigenvalue weighted by molar-refractivity contribution is -0.135. The number of nitrogens with one attached hydrogen (secondary N) is 2. The first-order valence-corrected chi connectivity index (χ1v) is 12.2. The van der Waals surface area contributed by atoms with Crippen LogP contribution in [0.4, 0.5) is 17.3 Å². The second-order valence-corrected chi connectivity index (χ2v) is 8.78. The Morgan fingerprint density at radius 2 is 1.91 bits per heavy atom. The van der Waals surface area contributed by atoms with E-state index in [9.17, 15) is 14.4 Å². The molecule has 0 saturated heterocycles. The quantitative estimate of drug-likeness (QED) is 0.291. The Hall–Kier alpha value is -3.47. The number of hydrogen-bond donors (Lipinski definition) is 3. The largest absolute Gasteiger partial charge is 0.364 e. The van der Waals surface area contributed by atoms with E-state index in [4.69, 9.17) is 5.73 Å². The Balaban J connectivity index is 2.05. The number of nitrogens with two attached hydrogens (primary N) is 1. The zero-order chi connectivity index (χ0) is 26.1. The first-order valence-electron chi connectivity index (χ1n) is 11.0. The Morgan fingerprint density at radius 1 is 1.20 bits per heavy atom. The minimum absolute atomic E-state index is 0.0596. The number of benzene rings is 1. The van der Waals surface area contributed by atoms with Crippen molar-refractivity contribution in [2.24, 2.45) is 5.73 Å². The van der Waals surface area contributed by atoms with Crippen LogP contribution in [0.25, 0.3) is 0 Å². The van der Waals surface area contributed by atoms with E-state index < -0.39 is 11.9 Å². The summed E-state index contributed by atoms with van der Waals surface area (Å²) in [6.07, 6.45) is 3.68. The van der Waals surface area contributed by atoms with Gasteiger partial charge in [0.1, 0.15) is 6.04 Å². The van der Waals surface area contributed by atoms with Crippen LogP contribution in [0.15, 0.2) is 36.4 Å². The third-order valence-corrected chi connectivity index (χ3v) is 5.64. The number of allylic oxidation sites excluding steroid dienone is 1. The van der Waals surface area contributed by atoms with Gasteiger partial charge in [0.25, 0.3) is 5.91 Å². The molecule has 10 nitrogen and oxygen atoms in total. The molecule has 4 N–H and O–H groups in total. The number of nitrogens with zero attached hydrogens (tertiary/aromatic N) is 4. The van der Waals surface area contributed by atoms with E-state index in [-0.39, 0.29) is 23.3 Å². The molecular formula is C24H32BrN7O3. The number of halogens is 1. The smallest absolute Gasteiger partial charge is 0.271 e. The molecule has 0 aliphatic rings. The second kappa shape index (κ2) is 12.8. The van der Waals surface area contributed by atoms with E-state index in [1.807, 2.05) is 38.4 Å². The molecule has 0 spiro atoms. The van der Waals surface area contributed by atoms with Crippen molar-refractivity contribution in [3.8, 4) is 0 Å². The minimum atomic E-state index is -0.674. The summed E-state index contributed by atoms with van der Waals surface area (Å²) in [5.41, 5.74) is 7.83. The molecular weight excluding hydrogens is 514 g/mol. The summed E-state index contributed by atoms with van der Waals surface area (Å²) in [4.78, 5) is 48.5. The number of carbonyl (C=O) groups is 3. The first-order chi connectivity index (χ1) is 16.5. The van der Waals surface area contributed by atoms with Crippen LogP contribution in [0, 0.1) is 6.92 Å². The average molecular weight is 546 g/mol. The zero-order valence-corrected chi connectivity index (χ0v) is 22.2. The predicted octanol–water partition coefficient (Wildman–Crippen LogP) is 2.15. The molecule has 0 bridgehead atoms. The molecule has 0 saturated carbocycles. The van der Waals surface area contributed by atoms with Crippen molar-refractivity contribution in [2.45, 2.75) is 26.3 Å². The van der Waals surface area contributed by atoms with Crippen molar-refractivity contribution in [1.29, 1.82) is 0 Å². The Labute approximate surface area is 214 Å². The number of aromatic nitrogens is 2. The van der Waals surface area contributed by atoms with Gasteiger partial charge in [-0.2, -0.15) is 0 Å². The molecule has 0 radical (unpaired) electrons. The summed E-state index contributed by atoms with van der Waals surface area (Å²) in [7, 11) is 5.28. The van der Waals surface area contributed by atoms with Crippen molar-refractivity contribution in [3.63, 3.8) is 0 Å². The van der Waals surface area contributed by atoms with Crippen molar-refractivity contribution in [1.82, 2.24) is 20.2 Å². The number of hydrogen-bond acceptors (Lipinski definition) is 7. The number of amides is 3. The monoisotopic (exact) mass is 545 g/mol. The highest BCUT2D eigenvalue weighted by atomic mass is 79.9. The SMILES string of the molecule is Cc1nc(C(N)=O)c(Nc2cccc(CCNC(=O)[C@H](C)N(C)C(=O)/C=C/CBr)c2)nc1N(C)C. The standard InChI is InChI=1S/C24H32BrN7O3/c1-15-23(31(3)4)30-22(20(28-15)21(26)34)29-18-9-6-8-17(14-18)11-13-27-24(35)16(2)32(5)19(33)10-7-12-25/h6-10,14,16H,11-13H2,1-5H3,(H2,26,34)(H,27,35)(H,29,30)/b10-7+/t16-/m0/s1. The molecule has 3 amide bonds. The Morgan fingerprint density at radius 3 is 2.54 bits per heavy atom. The maximum atomic E-state index is 12.5. The highest BCUT2D eigenvalue weighted by Gasteiger charge is 2.20. The van der Waals surface area contributed by atoms with Crippen LogP contribution in [0.2, 0.25) is 0 Å². The topological polar surface area (TPSA) is 134 Å². The second-order valence-electron chi connectivity index (χ2n) is 8.14. The molecule has 0 aliphatic carbocycles. The maximum absolute atomic E-state index is 12.5. The van der Waals surface area contributed by atoms with E-state index in [0.717, 1.165) is 5.56 Å². The van der Waals surface area contributed by atoms with Crippen LogP contribution in [-0.4, -0.2) is 71.6 Å². The van der Waals surface area contributed by atoms with Crippen LogP contribution in [0.1, 0.15) is 28.7 Å². The normalized spacial score (nSPS) is 11.7. The molecule has 0 unspecified atom stereocenters. The lowest BCUT2D eigenvalue weighted by Crippen LogP contribution is -2.45. The minimum Gasteiger partial charge on any atom is -0.364 e.